The number of carbonyl (C=O) groups is 1. The van der Waals surface area contributed by atoms with Gasteiger partial charge in [-0.1, -0.05) is 12.1 Å². The Labute approximate surface area is 193 Å². The molecule has 1 aliphatic heterocycles. The molecule has 1 saturated carbocycles. The minimum Gasteiger partial charge on any atom is -0.490 e. The van der Waals surface area contributed by atoms with Crippen molar-refractivity contribution in [2.45, 2.75) is 71.4 Å². The summed E-state index contributed by atoms with van der Waals surface area (Å²) >= 11 is 0. The Balaban J connectivity index is 1.50. The summed E-state index contributed by atoms with van der Waals surface area (Å²) in [7, 11) is 0. The Hall–Kier alpha value is -2.28. The van der Waals surface area contributed by atoms with Crippen LogP contribution in [0, 0.1) is 12.8 Å². The molecule has 3 rings (SSSR count). The Bertz CT molecular complexity index is 761. The van der Waals surface area contributed by atoms with Gasteiger partial charge >= 0.3 is 0 Å². The first-order chi connectivity index (χ1) is 15.5. The molecular weight excluding hydrogens is 402 g/mol. The van der Waals surface area contributed by atoms with Gasteiger partial charge < -0.3 is 26.0 Å². The zero-order valence-corrected chi connectivity index (χ0v) is 19.9. The number of carbonyl (C=O) groups excluding carboxylic acids is 1. The van der Waals surface area contributed by atoms with Crippen LogP contribution in [0.2, 0.25) is 0 Å². The molecule has 7 nitrogen and oxygen atoms in total. The predicted molar refractivity (Wildman–Crippen MR) is 130 cm³/mol. The number of benzene rings is 1. The topological polar surface area (TPSA) is 92.0 Å². The average molecular weight is 444 g/mol. The maximum absolute atomic E-state index is 11.5. The first-order valence-corrected chi connectivity index (χ1v) is 12.3. The summed E-state index contributed by atoms with van der Waals surface area (Å²) in [6.45, 7) is 9.23. The van der Waals surface area contributed by atoms with Crippen molar-refractivity contribution in [1.29, 1.82) is 0 Å². The standard InChI is InChI=1S/C25H41N5O2/c1-3-27-25(28-13-7-15-30-14-6-8-21(18-30)24(26)31)29-17-20-12-11-19(2)16-23(20)32-22-9-4-5-10-22/h11-12,16,21-22H,3-10,13-15,17-18H2,1-2H3,(H2,26,31)(H2,27,28,29). The molecule has 0 radical (unpaired) electrons. The maximum Gasteiger partial charge on any atom is 0.221 e. The lowest BCUT2D eigenvalue weighted by Gasteiger charge is -2.31. The van der Waals surface area contributed by atoms with Crippen LogP contribution in [0.5, 0.6) is 5.75 Å². The van der Waals surface area contributed by atoms with Crippen molar-refractivity contribution >= 4 is 11.9 Å². The van der Waals surface area contributed by atoms with Crippen LogP contribution in [0.1, 0.15) is 63.0 Å². The number of hydrogen-bond acceptors (Lipinski definition) is 4. The second-order valence-electron chi connectivity index (χ2n) is 9.15. The van der Waals surface area contributed by atoms with E-state index in [2.05, 4.69) is 47.6 Å². The highest BCUT2D eigenvalue weighted by molar-refractivity contribution is 5.79. The summed E-state index contributed by atoms with van der Waals surface area (Å²) in [6.07, 6.45) is 8.14. The number of nitrogens with one attached hydrogen (secondary N) is 2. The van der Waals surface area contributed by atoms with Gasteiger partial charge in [0.15, 0.2) is 5.96 Å². The molecule has 2 aliphatic rings. The molecular formula is C25H41N5O2. The fourth-order valence-corrected chi connectivity index (χ4v) is 4.59. The lowest BCUT2D eigenvalue weighted by atomic mass is 9.97. The number of piperidine rings is 1. The normalized spacial score (nSPS) is 20.3. The zero-order valence-electron chi connectivity index (χ0n) is 19.9. The van der Waals surface area contributed by atoms with E-state index in [4.69, 9.17) is 15.5 Å². The molecule has 1 unspecified atom stereocenters. The molecule has 1 heterocycles. The summed E-state index contributed by atoms with van der Waals surface area (Å²) in [5.74, 6) is 1.65. The van der Waals surface area contributed by atoms with E-state index in [-0.39, 0.29) is 11.8 Å². The SMILES string of the molecule is CCNC(=NCc1ccc(C)cc1OC1CCCC1)NCCCN1CCCC(C(N)=O)C1. The van der Waals surface area contributed by atoms with E-state index in [0.717, 1.165) is 82.1 Å². The van der Waals surface area contributed by atoms with E-state index in [1.807, 2.05) is 0 Å². The third-order valence-corrected chi connectivity index (χ3v) is 6.42. The number of aryl methyl sites for hydroxylation is 1. The number of rotatable bonds is 10. The van der Waals surface area contributed by atoms with Crippen molar-refractivity contribution in [3.05, 3.63) is 29.3 Å². The molecule has 178 valence electrons. The van der Waals surface area contributed by atoms with Crippen LogP contribution >= 0.6 is 0 Å². The van der Waals surface area contributed by atoms with Crippen LogP contribution in [0.3, 0.4) is 0 Å². The second kappa shape index (κ2) is 12.7. The summed E-state index contributed by atoms with van der Waals surface area (Å²) in [5, 5.41) is 6.79. The lowest BCUT2D eigenvalue weighted by Crippen LogP contribution is -2.43. The van der Waals surface area contributed by atoms with Crippen LogP contribution in [0.15, 0.2) is 23.2 Å². The molecule has 1 aromatic rings. The van der Waals surface area contributed by atoms with Gasteiger partial charge in [-0.25, -0.2) is 4.99 Å². The van der Waals surface area contributed by atoms with E-state index < -0.39 is 0 Å². The number of nitrogens with zero attached hydrogens (tertiary/aromatic N) is 2. The van der Waals surface area contributed by atoms with Crippen molar-refractivity contribution in [2.75, 3.05) is 32.7 Å². The summed E-state index contributed by atoms with van der Waals surface area (Å²) in [4.78, 5) is 18.6. The molecule has 7 heteroatoms. The number of amides is 1. The fourth-order valence-electron chi connectivity index (χ4n) is 4.59. The minimum atomic E-state index is -0.165. The molecule has 1 saturated heterocycles. The van der Waals surface area contributed by atoms with Crippen molar-refractivity contribution < 1.29 is 9.53 Å². The Morgan fingerprint density at radius 2 is 2.03 bits per heavy atom. The number of likely N-dealkylation sites (tertiary alicyclic amines) is 1. The number of nitrogens with two attached hydrogens (primary N) is 1. The van der Waals surface area contributed by atoms with Gasteiger partial charge in [0.2, 0.25) is 5.91 Å². The third kappa shape index (κ3) is 7.69. The number of primary amides is 1. The van der Waals surface area contributed by atoms with Gasteiger partial charge in [-0.05, 0) is 83.5 Å². The first-order valence-electron chi connectivity index (χ1n) is 12.3. The monoisotopic (exact) mass is 443 g/mol. The van der Waals surface area contributed by atoms with Crippen LogP contribution in [-0.4, -0.2) is 55.6 Å². The van der Waals surface area contributed by atoms with Gasteiger partial charge in [0.1, 0.15) is 5.75 Å². The molecule has 32 heavy (non-hydrogen) atoms. The largest absolute Gasteiger partial charge is 0.490 e. The first kappa shape index (κ1) is 24.4. The highest BCUT2D eigenvalue weighted by Crippen LogP contribution is 2.28. The van der Waals surface area contributed by atoms with Gasteiger partial charge in [-0.3, -0.25) is 4.79 Å². The van der Waals surface area contributed by atoms with Gasteiger partial charge in [-0.2, -0.15) is 0 Å². The number of guanidine groups is 1. The Morgan fingerprint density at radius 3 is 2.78 bits per heavy atom. The van der Waals surface area contributed by atoms with Crippen LogP contribution in [-0.2, 0) is 11.3 Å². The van der Waals surface area contributed by atoms with Gasteiger partial charge in [0.25, 0.3) is 0 Å². The molecule has 0 spiro atoms. The van der Waals surface area contributed by atoms with Crippen LogP contribution in [0.25, 0.3) is 0 Å². The lowest BCUT2D eigenvalue weighted by molar-refractivity contribution is -0.123. The van der Waals surface area contributed by atoms with E-state index in [1.165, 1.54) is 18.4 Å². The van der Waals surface area contributed by atoms with Crippen molar-refractivity contribution in [2.24, 2.45) is 16.6 Å². The van der Waals surface area contributed by atoms with E-state index in [1.54, 1.807) is 0 Å². The smallest absolute Gasteiger partial charge is 0.221 e. The molecule has 1 aliphatic carbocycles. The minimum absolute atomic E-state index is 0.00532. The highest BCUT2D eigenvalue weighted by Gasteiger charge is 2.23. The second-order valence-corrected chi connectivity index (χ2v) is 9.15. The maximum atomic E-state index is 11.5. The van der Waals surface area contributed by atoms with Gasteiger partial charge in [0, 0.05) is 25.2 Å². The molecule has 4 N–H and O–H groups in total. The number of aliphatic imine (C=N–C) groups is 1. The fraction of sp³-hybridized carbons (Fsp3) is 0.680. The van der Waals surface area contributed by atoms with Crippen molar-refractivity contribution in [3.8, 4) is 5.75 Å². The van der Waals surface area contributed by atoms with Crippen LogP contribution < -0.4 is 21.1 Å². The van der Waals surface area contributed by atoms with E-state index in [0.29, 0.717) is 12.6 Å². The van der Waals surface area contributed by atoms with Gasteiger partial charge in [-0.15, -0.1) is 0 Å². The molecule has 1 atom stereocenters. The number of ether oxygens (including phenoxy) is 1. The summed E-state index contributed by atoms with van der Waals surface area (Å²) in [6, 6.07) is 6.41. The molecule has 0 aromatic heterocycles. The average Bonchev–Trinajstić information content (AvgIpc) is 3.29. The van der Waals surface area contributed by atoms with Gasteiger partial charge in [0.05, 0.1) is 18.6 Å². The third-order valence-electron chi connectivity index (χ3n) is 6.42. The van der Waals surface area contributed by atoms with E-state index >= 15 is 0 Å². The summed E-state index contributed by atoms with van der Waals surface area (Å²) in [5.41, 5.74) is 7.84. The van der Waals surface area contributed by atoms with Crippen LogP contribution in [0.4, 0.5) is 0 Å². The molecule has 1 amide bonds. The van der Waals surface area contributed by atoms with Crippen molar-refractivity contribution in [3.63, 3.8) is 0 Å². The molecule has 1 aromatic carbocycles. The Kier molecular flexibility index (Phi) is 9.65. The van der Waals surface area contributed by atoms with Crippen molar-refractivity contribution in [1.82, 2.24) is 15.5 Å². The quantitative estimate of drug-likeness (QED) is 0.294. The Morgan fingerprint density at radius 1 is 1.22 bits per heavy atom. The molecule has 2 fully saturated rings. The summed E-state index contributed by atoms with van der Waals surface area (Å²) < 4.78 is 6.32. The number of hydrogen-bond donors (Lipinski definition) is 3. The zero-order chi connectivity index (χ0) is 22.8. The molecule has 0 bridgehead atoms. The predicted octanol–water partition coefficient (Wildman–Crippen LogP) is 2.96. The van der Waals surface area contributed by atoms with E-state index in [9.17, 15) is 4.79 Å². The highest BCUT2D eigenvalue weighted by atomic mass is 16.5.